The zero-order chi connectivity index (χ0) is 34.8. The van der Waals surface area contributed by atoms with Gasteiger partial charge in [-0.15, -0.1) is 0 Å². The fourth-order valence-electron chi connectivity index (χ4n) is 6.64. The highest BCUT2D eigenvalue weighted by Crippen LogP contribution is 2.45. The van der Waals surface area contributed by atoms with Crippen molar-refractivity contribution in [2.75, 3.05) is 19.7 Å². The number of amides is 1. The molecule has 1 aliphatic heterocycles. The van der Waals surface area contributed by atoms with Crippen molar-refractivity contribution in [1.29, 1.82) is 0 Å². The number of aliphatic carboxylic acids is 1. The topological polar surface area (TPSA) is 155 Å². The Morgan fingerprint density at radius 1 is 1.02 bits per heavy atom. The summed E-state index contributed by atoms with van der Waals surface area (Å²) < 4.78 is 41.7. The van der Waals surface area contributed by atoms with Gasteiger partial charge in [0, 0.05) is 31.0 Å². The molecule has 0 unspecified atom stereocenters. The van der Waals surface area contributed by atoms with Crippen molar-refractivity contribution >= 4 is 28.0 Å². The zero-order valence-corrected chi connectivity index (χ0v) is 29.1. The van der Waals surface area contributed by atoms with Crippen molar-refractivity contribution in [3.8, 4) is 16.9 Å². The summed E-state index contributed by atoms with van der Waals surface area (Å²) in [6.07, 6.45) is 0.103. The number of fused-ring (bicyclic) bond motifs is 4. The first-order valence-electron chi connectivity index (χ1n) is 16.2. The van der Waals surface area contributed by atoms with Crippen LogP contribution in [0.3, 0.4) is 0 Å². The lowest BCUT2D eigenvalue weighted by atomic mass is 9.94. The minimum Gasteiger partial charge on any atom is -0.487 e. The van der Waals surface area contributed by atoms with Crippen LogP contribution in [-0.2, 0) is 26.0 Å². The number of carbonyl (C=O) groups excluding carboxylic acids is 1. The van der Waals surface area contributed by atoms with Crippen LogP contribution in [0.5, 0.6) is 5.75 Å². The van der Waals surface area contributed by atoms with Crippen LogP contribution in [0.1, 0.15) is 72.9 Å². The maximum atomic E-state index is 13.7. The highest BCUT2D eigenvalue weighted by molar-refractivity contribution is 7.90. The molecule has 0 radical (unpaired) electrons. The van der Waals surface area contributed by atoms with Gasteiger partial charge in [0.25, 0.3) is 10.0 Å². The number of hydrogen-bond donors (Lipinski definition) is 4. The van der Waals surface area contributed by atoms with E-state index in [0.717, 1.165) is 39.1 Å². The van der Waals surface area contributed by atoms with Crippen LogP contribution in [0.2, 0.25) is 0 Å². The number of ether oxygens (including phenoxy) is 2. The van der Waals surface area contributed by atoms with E-state index < -0.39 is 33.7 Å². The Labute approximate surface area is 282 Å². The van der Waals surface area contributed by atoms with Gasteiger partial charge >= 0.3 is 12.1 Å². The molecule has 48 heavy (non-hydrogen) atoms. The van der Waals surface area contributed by atoms with E-state index in [0.29, 0.717) is 24.1 Å². The molecule has 1 amide bonds. The predicted octanol–water partition coefficient (Wildman–Crippen LogP) is 5.34. The molecule has 0 bridgehead atoms. The first-order chi connectivity index (χ1) is 22.7. The Morgan fingerprint density at radius 2 is 1.65 bits per heavy atom. The van der Waals surface area contributed by atoms with E-state index in [1.54, 1.807) is 13.8 Å². The van der Waals surface area contributed by atoms with Crippen LogP contribution in [0, 0.1) is 20.8 Å². The standard InChI is InChI=1S/C36H44N4O7S/c1-7-37-34(40-48(44,45)32-22(3)21(2)31-28(23(32)4)19-36(5,6)47-31)38-18-12-17-30(33(41)42)39-35(43)46-20-29-26-15-10-8-13-24(26)25-14-9-11-16-27(25)29/h8-11,13-16,29-30H,7,12,17-20H2,1-6H3,(H,39,43)(H,41,42)(H2,37,38,40)/t30-/m1/s1. The van der Waals surface area contributed by atoms with Gasteiger partial charge in [-0.1, -0.05) is 48.5 Å². The Bertz CT molecular complexity index is 1820. The van der Waals surface area contributed by atoms with Gasteiger partial charge in [-0.25, -0.2) is 22.7 Å². The highest BCUT2D eigenvalue weighted by Gasteiger charge is 2.37. The minimum atomic E-state index is -4.02. The summed E-state index contributed by atoms with van der Waals surface area (Å²) in [4.78, 5) is 29.3. The van der Waals surface area contributed by atoms with Crippen LogP contribution in [-0.4, -0.2) is 62.9 Å². The van der Waals surface area contributed by atoms with Gasteiger partial charge in [-0.05, 0) is 93.3 Å². The second kappa shape index (κ2) is 13.9. The lowest BCUT2D eigenvalue weighted by Gasteiger charge is -2.20. The van der Waals surface area contributed by atoms with Crippen LogP contribution >= 0.6 is 0 Å². The molecule has 1 atom stereocenters. The molecule has 0 saturated carbocycles. The van der Waals surface area contributed by atoms with Crippen LogP contribution in [0.15, 0.2) is 58.4 Å². The highest BCUT2D eigenvalue weighted by atomic mass is 32.2. The number of alkyl carbamates (subject to hydrolysis) is 1. The summed E-state index contributed by atoms with van der Waals surface area (Å²) in [5.74, 6) is -0.552. The SMILES string of the molecule is CCNC(=NCCC[C@@H](NC(=O)OCC1c2ccccc2-c2ccccc21)C(=O)O)NS(=O)(=O)c1c(C)c(C)c2c(c1C)CC(C)(C)O2. The van der Waals surface area contributed by atoms with Gasteiger partial charge in [-0.2, -0.15) is 0 Å². The second-order valence-electron chi connectivity index (χ2n) is 12.9. The van der Waals surface area contributed by atoms with E-state index in [1.807, 2.05) is 76.2 Å². The van der Waals surface area contributed by atoms with Crippen molar-refractivity contribution in [2.45, 2.75) is 83.3 Å². The number of carboxylic acid groups (broad SMARTS) is 1. The van der Waals surface area contributed by atoms with E-state index in [2.05, 4.69) is 20.3 Å². The molecule has 1 aliphatic carbocycles. The van der Waals surface area contributed by atoms with Gasteiger partial charge < -0.3 is 25.2 Å². The predicted molar refractivity (Wildman–Crippen MR) is 184 cm³/mol. The van der Waals surface area contributed by atoms with E-state index in [1.165, 1.54) is 0 Å². The molecule has 4 N–H and O–H groups in total. The lowest BCUT2D eigenvalue weighted by molar-refractivity contribution is -0.139. The average molecular weight is 677 g/mol. The molecule has 3 aromatic rings. The molecule has 11 nitrogen and oxygen atoms in total. The maximum Gasteiger partial charge on any atom is 0.407 e. The summed E-state index contributed by atoms with van der Waals surface area (Å²) in [5.41, 5.74) is 6.79. The van der Waals surface area contributed by atoms with Crippen LogP contribution in [0.4, 0.5) is 4.79 Å². The van der Waals surface area contributed by atoms with Gasteiger partial charge in [0.1, 0.15) is 24.0 Å². The van der Waals surface area contributed by atoms with E-state index in [4.69, 9.17) is 9.47 Å². The van der Waals surface area contributed by atoms with Crippen molar-refractivity contribution in [2.24, 2.45) is 4.99 Å². The van der Waals surface area contributed by atoms with Crippen LogP contribution in [0.25, 0.3) is 11.1 Å². The quantitative estimate of drug-likeness (QED) is 0.121. The summed E-state index contributed by atoms with van der Waals surface area (Å²) in [5, 5.41) is 15.2. The van der Waals surface area contributed by atoms with E-state index in [9.17, 15) is 23.1 Å². The second-order valence-corrected chi connectivity index (χ2v) is 14.5. The summed E-state index contributed by atoms with van der Waals surface area (Å²) in [6, 6.07) is 14.7. The number of nitrogens with one attached hydrogen (secondary N) is 3. The monoisotopic (exact) mass is 676 g/mol. The Balaban J connectivity index is 1.19. The molecule has 0 saturated heterocycles. The summed E-state index contributed by atoms with van der Waals surface area (Å²) in [6.45, 7) is 11.8. The largest absolute Gasteiger partial charge is 0.487 e. The first kappa shape index (κ1) is 34.7. The number of nitrogens with zero attached hydrogens (tertiary/aromatic N) is 1. The van der Waals surface area contributed by atoms with E-state index in [-0.39, 0.29) is 42.8 Å². The van der Waals surface area contributed by atoms with Crippen LogP contribution < -0.4 is 20.1 Å². The smallest absolute Gasteiger partial charge is 0.407 e. The fourth-order valence-corrected chi connectivity index (χ4v) is 8.22. The Hall–Kier alpha value is -4.58. The molecular formula is C36H44N4O7S. The fraction of sp³-hybridized carbons (Fsp3) is 0.417. The van der Waals surface area contributed by atoms with Crippen molar-refractivity contribution in [3.05, 3.63) is 81.9 Å². The zero-order valence-electron chi connectivity index (χ0n) is 28.3. The number of hydrogen-bond acceptors (Lipinski definition) is 7. The summed E-state index contributed by atoms with van der Waals surface area (Å²) in [7, 11) is -4.02. The average Bonchev–Trinajstić information content (AvgIpc) is 3.54. The molecule has 0 spiro atoms. The molecule has 0 aromatic heterocycles. The van der Waals surface area contributed by atoms with Crippen molar-refractivity contribution in [1.82, 2.24) is 15.4 Å². The number of carboxylic acids is 1. The normalized spacial score (nSPS) is 15.5. The molecule has 3 aromatic carbocycles. The minimum absolute atomic E-state index is 0.0578. The number of rotatable bonds is 11. The van der Waals surface area contributed by atoms with Crippen molar-refractivity contribution in [3.63, 3.8) is 0 Å². The third-order valence-electron chi connectivity index (χ3n) is 8.99. The number of guanidine groups is 1. The molecule has 256 valence electrons. The molecule has 1 heterocycles. The molecular weight excluding hydrogens is 632 g/mol. The number of sulfonamides is 1. The number of aliphatic imine (C=N–C) groups is 1. The first-order valence-corrected chi connectivity index (χ1v) is 17.7. The van der Waals surface area contributed by atoms with Gasteiger partial charge in [0.2, 0.25) is 5.96 Å². The lowest BCUT2D eigenvalue weighted by Crippen LogP contribution is -2.42. The molecule has 12 heteroatoms. The maximum absolute atomic E-state index is 13.7. The van der Waals surface area contributed by atoms with E-state index >= 15 is 0 Å². The third kappa shape index (κ3) is 7.13. The molecule has 0 fully saturated rings. The third-order valence-corrected chi connectivity index (χ3v) is 10.6. The van der Waals surface area contributed by atoms with Crippen molar-refractivity contribution < 1.29 is 32.6 Å². The molecule has 5 rings (SSSR count). The Morgan fingerprint density at radius 3 is 2.25 bits per heavy atom. The Kier molecular flexibility index (Phi) is 10.0. The summed E-state index contributed by atoms with van der Waals surface area (Å²) >= 11 is 0. The van der Waals surface area contributed by atoms with Gasteiger partial charge in [-0.3, -0.25) is 4.99 Å². The molecule has 2 aliphatic rings. The number of carbonyl (C=O) groups is 2. The van der Waals surface area contributed by atoms with Gasteiger partial charge in [0.05, 0.1) is 4.90 Å². The van der Waals surface area contributed by atoms with Gasteiger partial charge in [0.15, 0.2) is 0 Å². The number of benzene rings is 3.